The minimum Gasteiger partial charge on any atom is -0.360 e. The number of pyridine rings is 1. The Bertz CT molecular complexity index is 1170. The van der Waals surface area contributed by atoms with E-state index in [1.807, 2.05) is 0 Å². The lowest BCUT2D eigenvalue weighted by Gasteiger charge is -2.28. The van der Waals surface area contributed by atoms with Crippen molar-refractivity contribution in [2.45, 2.75) is 44.2 Å². The van der Waals surface area contributed by atoms with Crippen molar-refractivity contribution in [3.8, 4) is 0 Å². The van der Waals surface area contributed by atoms with Gasteiger partial charge in [-0.25, -0.2) is 23.7 Å². The van der Waals surface area contributed by atoms with Gasteiger partial charge < -0.3 is 10.3 Å². The van der Waals surface area contributed by atoms with Gasteiger partial charge in [0.05, 0.1) is 16.5 Å². The molecular weight excluding hydrogens is 469 g/mol. The van der Waals surface area contributed by atoms with E-state index in [2.05, 4.69) is 25.3 Å². The predicted octanol–water partition coefficient (Wildman–Crippen LogP) is 5.58. The lowest BCUT2D eigenvalue weighted by molar-refractivity contribution is -0.115. The van der Waals surface area contributed by atoms with E-state index in [9.17, 15) is 26.7 Å². The Morgan fingerprint density at radius 2 is 1.91 bits per heavy atom. The van der Waals surface area contributed by atoms with E-state index >= 15 is 0 Å². The first-order chi connectivity index (χ1) is 15.5. The van der Waals surface area contributed by atoms with Gasteiger partial charge in [-0.05, 0) is 37.3 Å². The first-order valence-corrected chi connectivity index (χ1v) is 10.6. The van der Waals surface area contributed by atoms with Crippen molar-refractivity contribution < 1.29 is 26.7 Å². The number of ketones is 1. The van der Waals surface area contributed by atoms with Gasteiger partial charge in [0.15, 0.2) is 5.78 Å². The summed E-state index contributed by atoms with van der Waals surface area (Å²) >= 11 is 6.26. The molecular formula is C21H19ClF5N5O. The van der Waals surface area contributed by atoms with Crippen LogP contribution >= 0.6 is 11.6 Å². The van der Waals surface area contributed by atoms with Gasteiger partial charge in [0, 0.05) is 24.7 Å². The molecule has 6 nitrogen and oxygen atoms in total. The van der Waals surface area contributed by atoms with Gasteiger partial charge >= 0.3 is 6.18 Å². The Morgan fingerprint density at radius 1 is 1.18 bits per heavy atom. The predicted molar refractivity (Wildman–Crippen MR) is 112 cm³/mol. The van der Waals surface area contributed by atoms with Crippen LogP contribution in [0, 0.1) is 5.92 Å². The second kappa shape index (κ2) is 8.85. The molecule has 0 bridgehead atoms. The first kappa shape index (κ1) is 23.3. The highest BCUT2D eigenvalue weighted by molar-refractivity contribution is 6.34. The number of nitrogens with zero attached hydrogens (tertiary/aromatic N) is 3. The van der Waals surface area contributed by atoms with Crippen molar-refractivity contribution in [1.82, 2.24) is 19.9 Å². The molecule has 0 aromatic carbocycles. The quantitative estimate of drug-likeness (QED) is 0.269. The number of rotatable bonds is 6. The molecule has 3 heterocycles. The largest absolute Gasteiger partial charge is 0.405 e. The monoisotopic (exact) mass is 487 g/mol. The SMILES string of the molecule is O=C(c1ccc(CC2CCC(F)(F)CC2)nc1Cl)c1c[nH]c2ncnc(NCC(F)(F)F)c12. The van der Waals surface area contributed by atoms with Gasteiger partial charge in [0.1, 0.15) is 29.5 Å². The molecule has 0 saturated heterocycles. The molecule has 33 heavy (non-hydrogen) atoms. The van der Waals surface area contributed by atoms with Crippen LogP contribution in [0.3, 0.4) is 0 Å². The molecule has 12 heteroatoms. The summed E-state index contributed by atoms with van der Waals surface area (Å²) in [7, 11) is 0. The topological polar surface area (TPSA) is 83.6 Å². The van der Waals surface area contributed by atoms with Crippen molar-refractivity contribution in [2.75, 3.05) is 11.9 Å². The highest BCUT2D eigenvalue weighted by Crippen LogP contribution is 2.37. The third-order valence-electron chi connectivity index (χ3n) is 5.66. The Labute approximate surface area is 190 Å². The number of aromatic nitrogens is 4. The van der Waals surface area contributed by atoms with E-state index in [0.717, 1.165) is 6.33 Å². The van der Waals surface area contributed by atoms with Crippen LogP contribution in [0.15, 0.2) is 24.7 Å². The van der Waals surface area contributed by atoms with Crippen LogP contribution in [0.1, 0.15) is 47.3 Å². The number of H-pyrrole nitrogens is 1. The number of aromatic amines is 1. The minimum absolute atomic E-state index is 0.0428. The Kier molecular flexibility index (Phi) is 6.26. The minimum atomic E-state index is -4.48. The molecule has 2 N–H and O–H groups in total. The van der Waals surface area contributed by atoms with Crippen molar-refractivity contribution in [1.29, 1.82) is 0 Å². The standard InChI is InChI=1S/C21H19ClF5N5O/c22-17-13(2-1-12(32-17)7-11-3-5-20(23,24)6-4-11)16(33)14-8-28-18-15(14)19(31-10-30-18)29-9-21(25,26)27/h1-2,8,10-11H,3-7,9H2,(H2,28,29,30,31). The maximum absolute atomic E-state index is 13.4. The van der Waals surface area contributed by atoms with Gasteiger partial charge in [-0.2, -0.15) is 13.2 Å². The van der Waals surface area contributed by atoms with Crippen LogP contribution in [-0.4, -0.2) is 44.4 Å². The number of hydrogen-bond donors (Lipinski definition) is 2. The third-order valence-corrected chi connectivity index (χ3v) is 5.94. The molecule has 0 amide bonds. The molecule has 3 aromatic rings. The Morgan fingerprint density at radius 3 is 2.58 bits per heavy atom. The zero-order valence-electron chi connectivity index (χ0n) is 17.1. The number of alkyl halides is 5. The van der Waals surface area contributed by atoms with E-state index in [4.69, 9.17) is 11.6 Å². The lowest BCUT2D eigenvalue weighted by Crippen LogP contribution is -2.25. The molecule has 0 unspecified atom stereocenters. The van der Waals surface area contributed by atoms with Gasteiger partial charge in [-0.3, -0.25) is 4.79 Å². The fourth-order valence-electron chi connectivity index (χ4n) is 3.96. The van der Waals surface area contributed by atoms with E-state index in [1.165, 1.54) is 12.3 Å². The maximum atomic E-state index is 13.4. The second-order valence-electron chi connectivity index (χ2n) is 8.09. The molecule has 4 rings (SSSR count). The molecule has 0 spiro atoms. The molecule has 1 fully saturated rings. The van der Waals surface area contributed by atoms with Crippen LogP contribution in [-0.2, 0) is 6.42 Å². The van der Waals surface area contributed by atoms with Gasteiger partial charge in [-0.1, -0.05) is 11.6 Å². The van der Waals surface area contributed by atoms with Crippen LogP contribution in [0.5, 0.6) is 0 Å². The molecule has 1 aliphatic carbocycles. The number of fused-ring (bicyclic) bond motifs is 1. The number of halogens is 6. The fourth-order valence-corrected chi connectivity index (χ4v) is 4.22. The van der Waals surface area contributed by atoms with E-state index in [-0.39, 0.29) is 51.9 Å². The summed E-state index contributed by atoms with van der Waals surface area (Å²) in [4.78, 5) is 27.9. The van der Waals surface area contributed by atoms with E-state index < -0.39 is 24.4 Å². The smallest absolute Gasteiger partial charge is 0.360 e. The summed E-state index contributed by atoms with van der Waals surface area (Å²) in [5.41, 5.74) is 0.873. The molecule has 0 aliphatic heterocycles. The van der Waals surface area contributed by atoms with Gasteiger partial charge in [0.2, 0.25) is 5.92 Å². The molecule has 176 valence electrons. The molecule has 0 radical (unpaired) electrons. The summed E-state index contributed by atoms with van der Waals surface area (Å²) in [5.74, 6) is -3.26. The number of nitrogens with one attached hydrogen (secondary N) is 2. The van der Waals surface area contributed by atoms with Crippen LogP contribution in [0.2, 0.25) is 5.15 Å². The van der Waals surface area contributed by atoms with E-state index in [0.29, 0.717) is 25.0 Å². The summed E-state index contributed by atoms with van der Waals surface area (Å²) in [5, 5.41) is 2.22. The summed E-state index contributed by atoms with van der Waals surface area (Å²) < 4.78 is 64.6. The third kappa shape index (κ3) is 5.40. The Balaban J connectivity index is 1.56. The maximum Gasteiger partial charge on any atom is 0.405 e. The van der Waals surface area contributed by atoms with Crippen molar-refractivity contribution in [3.05, 3.63) is 46.6 Å². The summed E-state index contributed by atoms with van der Waals surface area (Å²) in [6.07, 6.45) is -1.15. The summed E-state index contributed by atoms with van der Waals surface area (Å²) in [6, 6.07) is 3.09. The van der Waals surface area contributed by atoms with Gasteiger partial charge in [-0.15, -0.1) is 0 Å². The number of anilines is 1. The lowest BCUT2D eigenvalue weighted by atomic mass is 9.84. The highest BCUT2D eigenvalue weighted by Gasteiger charge is 2.35. The number of carbonyl (C=O) groups is 1. The van der Waals surface area contributed by atoms with Crippen LogP contribution < -0.4 is 5.32 Å². The van der Waals surface area contributed by atoms with Crippen LogP contribution in [0.4, 0.5) is 27.8 Å². The summed E-state index contributed by atoms with van der Waals surface area (Å²) in [6.45, 7) is -1.33. The molecule has 1 aliphatic rings. The van der Waals surface area contributed by atoms with Crippen molar-refractivity contribution in [3.63, 3.8) is 0 Å². The zero-order chi connectivity index (χ0) is 23.8. The van der Waals surface area contributed by atoms with Crippen molar-refractivity contribution in [2.24, 2.45) is 5.92 Å². The van der Waals surface area contributed by atoms with Crippen LogP contribution in [0.25, 0.3) is 11.0 Å². The number of carbonyl (C=O) groups excluding carboxylic acids is 1. The van der Waals surface area contributed by atoms with Crippen molar-refractivity contribution >= 4 is 34.2 Å². The normalized spacial score (nSPS) is 16.8. The second-order valence-corrected chi connectivity index (χ2v) is 8.45. The van der Waals surface area contributed by atoms with E-state index in [1.54, 1.807) is 6.07 Å². The highest BCUT2D eigenvalue weighted by atomic mass is 35.5. The first-order valence-electron chi connectivity index (χ1n) is 10.2. The molecule has 0 atom stereocenters. The van der Waals surface area contributed by atoms with Gasteiger partial charge in [0.25, 0.3) is 0 Å². The number of hydrogen-bond acceptors (Lipinski definition) is 5. The fraction of sp³-hybridized carbons (Fsp3) is 0.429. The molecule has 3 aromatic heterocycles. The molecule has 1 saturated carbocycles. The average molecular weight is 488 g/mol. The zero-order valence-corrected chi connectivity index (χ0v) is 17.9. The average Bonchev–Trinajstić information content (AvgIpc) is 3.18. The Hall–Kier alpha value is -2.82.